The van der Waals surface area contributed by atoms with Crippen molar-refractivity contribution in [1.82, 2.24) is 0 Å². The van der Waals surface area contributed by atoms with Crippen LogP contribution >= 0.6 is 11.8 Å². The number of nitrogens with two attached hydrogens (primary N) is 1. The Hall–Kier alpha value is -1.87. The van der Waals surface area contributed by atoms with Crippen LogP contribution in [-0.4, -0.2) is 6.26 Å². The van der Waals surface area contributed by atoms with Crippen LogP contribution in [0, 0.1) is 0 Å². The van der Waals surface area contributed by atoms with Gasteiger partial charge in [-0.1, -0.05) is 18.2 Å². The third-order valence-corrected chi connectivity index (χ3v) is 2.90. The number of ether oxygens (including phenoxy) is 1. The van der Waals surface area contributed by atoms with E-state index in [4.69, 9.17) is 10.5 Å². The molecule has 2 nitrogen and oxygen atoms in total. The van der Waals surface area contributed by atoms with Crippen LogP contribution in [0.2, 0.25) is 0 Å². The summed E-state index contributed by atoms with van der Waals surface area (Å²) in [6.07, 6.45) is 1.99. The third kappa shape index (κ3) is 3.31. The summed E-state index contributed by atoms with van der Waals surface area (Å²) < 4.78 is 5.71. The van der Waals surface area contributed by atoms with E-state index in [0.29, 0.717) is 0 Å². The summed E-state index contributed by atoms with van der Waals surface area (Å²) in [5, 5.41) is 1.92. The molecule has 0 aliphatic rings. The van der Waals surface area contributed by atoms with Gasteiger partial charge in [0.05, 0.1) is 0 Å². The highest BCUT2D eigenvalue weighted by Gasteiger charge is 1.99. The maximum atomic E-state index is 5.91. The predicted molar refractivity (Wildman–Crippen MR) is 78.6 cm³/mol. The molecule has 18 heavy (non-hydrogen) atoms. The first-order valence-electron chi connectivity index (χ1n) is 5.61. The van der Waals surface area contributed by atoms with Crippen molar-refractivity contribution in [2.75, 3.05) is 6.26 Å². The second-order valence-corrected chi connectivity index (χ2v) is 4.46. The molecule has 2 aromatic carbocycles. The maximum absolute atomic E-state index is 5.91. The quantitative estimate of drug-likeness (QED) is 0.895. The first-order chi connectivity index (χ1) is 8.79. The normalized spacial score (nSPS) is 11.3. The lowest BCUT2D eigenvalue weighted by molar-refractivity contribution is 0.482. The van der Waals surface area contributed by atoms with Gasteiger partial charge in [-0.15, -0.1) is 11.8 Å². The molecular weight excluding hydrogens is 242 g/mol. The number of benzene rings is 2. The minimum absolute atomic E-state index is 0.772. The van der Waals surface area contributed by atoms with E-state index in [-0.39, 0.29) is 0 Å². The Morgan fingerprint density at radius 3 is 2.22 bits per heavy atom. The fraction of sp³-hybridized carbons (Fsp3) is 0.0667. The minimum Gasteiger partial charge on any atom is -0.457 e. The van der Waals surface area contributed by atoms with E-state index < -0.39 is 0 Å². The molecule has 0 radical (unpaired) electrons. The second-order valence-electron chi connectivity index (χ2n) is 3.75. The Morgan fingerprint density at radius 1 is 1.00 bits per heavy atom. The Bertz CT molecular complexity index is 520. The molecule has 0 aliphatic heterocycles. The standard InChI is InChI=1S/C15H15NOS/c1-18-11-15(16)12-7-9-14(10-8-12)17-13-5-3-2-4-6-13/h2-11H,16H2,1H3/b15-11-. The van der Waals surface area contributed by atoms with Crippen LogP contribution in [0.25, 0.3) is 5.70 Å². The van der Waals surface area contributed by atoms with E-state index in [2.05, 4.69) is 0 Å². The molecule has 0 amide bonds. The van der Waals surface area contributed by atoms with E-state index in [1.54, 1.807) is 11.8 Å². The predicted octanol–water partition coefficient (Wildman–Crippen LogP) is 4.10. The van der Waals surface area contributed by atoms with Gasteiger partial charge in [-0.25, -0.2) is 0 Å². The Labute approximate surface area is 111 Å². The van der Waals surface area contributed by atoms with Crippen molar-refractivity contribution < 1.29 is 4.74 Å². The molecule has 0 atom stereocenters. The Morgan fingerprint density at radius 2 is 1.61 bits per heavy atom. The topological polar surface area (TPSA) is 35.2 Å². The molecule has 0 aliphatic carbocycles. The fourth-order valence-corrected chi connectivity index (χ4v) is 1.93. The van der Waals surface area contributed by atoms with E-state index in [9.17, 15) is 0 Å². The van der Waals surface area contributed by atoms with Crippen molar-refractivity contribution >= 4 is 17.5 Å². The van der Waals surface area contributed by atoms with Gasteiger partial charge in [0.2, 0.25) is 0 Å². The smallest absolute Gasteiger partial charge is 0.127 e. The first kappa shape index (κ1) is 12.6. The highest BCUT2D eigenvalue weighted by Crippen LogP contribution is 2.22. The van der Waals surface area contributed by atoms with E-state index in [1.165, 1.54) is 0 Å². The van der Waals surface area contributed by atoms with Crippen molar-refractivity contribution in [1.29, 1.82) is 0 Å². The van der Waals surface area contributed by atoms with Crippen LogP contribution in [0.3, 0.4) is 0 Å². The van der Waals surface area contributed by atoms with E-state index >= 15 is 0 Å². The molecule has 2 rings (SSSR count). The average molecular weight is 257 g/mol. The first-order valence-corrected chi connectivity index (χ1v) is 6.90. The Kier molecular flexibility index (Phi) is 4.31. The van der Waals surface area contributed by atoms with Crippen molar-refractivity contribution in [3.63, 3.8) is 0 Å². The van der Waals surface area contributed by atoms with Gasteiger partial charge in [-0.05, 0) is 53.6 Å². The lowest BCUT2D eigenvalue weighted by atomic mass is 10.2. The van der Waals surface area contributed by atoms with E-state index in [1.807, 2.05) is 66.3 Å². The molecular formula is C15H15NOS. The number of para-hydroxylation sites is 1. The maximum Gasteiger partial charge on any atom is 0.127 e. The molecule has 92 valence electrons. The van der Waals surface area contributed by atoms with Gasteiger partial charge in [0.1, 0.15) is 11.5 Å². The minimum atomic E-state index is 0.772. The molecule has 0 fully saturated rings. The van der Waals surface area contributed by atoms with Crippen LogP contribution in [0.1, 0.15) is 5.56 Å². The molecule has 0 saturated heterocycles. The van der Waals surface area contributed by atoms with Crippen molar-refractivity contribution in [3.8, 4) is 11.5 Å². The number of thioether (sulfide) groups is 1. The van der Waals surface area contributed by atoms with Gasteiger partial charge < -0.3 is 10.5 Å². The van der Waals surface area contributed by atoms with Crippen LogP contribution in [0.5, 0.6) is 11.5 Å². The molecule has 0 aromatic heterocycles. The van der Waals surface area contributed by atoms with Gasteiger partial charge >= 0.3 is 0 Å². The fourth-order valence-electron chi connectivity index (χ4n) is 1.54. The molecule has 2 N–H and O–H groups in total. The SMILES string of the molecule is CS/C=C(\N)c1ccc(Oc2ccccc2)cc1. The zero-order valence-electron chi connectivity index (χ0n) is 10.2. The monoisotopic (exact) mass is 257 g/mol. The summed E-state index contributed by atoms with van der Waals surface area (Å²) in [5.74, 6) is 1.64. The number of hydrogen-bond acceptors (Lipinski definition) is 3. The summed E-state index contributed by atoms with van der Waals surface area (Å²) in [7, 11) is 0. The second kappa shape index (κ2) is 6.17. The molecule has 0 heterocycles. The highest BCUT2D eigenvalue weighted by atomic mass is 32.2. The van der Waals surface area contributed by atoms with E-state index in [0.717, 1.165) is 22.8 Å². The zero-order valence-corrected chi connectivity index (χ0v) is 11.0. The molecule has 0 spiro atoms. The lowest BCUT2D eigenvalue weighted by Gasteiger charge is -2.06. The zero-order chi connectivity index (χ0) is 12.8. The van der Waals surface area contributed by atoms with Crippen molar-refractivity contribution in [2.24, 2.45) is 5.73 Å². The van der Waals surface area contributed by atoms with Gasteiger partial charge in [0, 0.05) is 5.70 Å². The summed E-state index contributed by atoms with van der Waals surface area (Å²) in [6.45, 7) is 0. The molecule has 0 saturated carbocycles. The van der Waals surface area contributed by atoms with Crippen molar-refractivity contribution in [2.45, 2.75) is 0 Å². The summed E-state index contributed by atoms with van der Waals surface area (Å²) in [5.41, 5.74) is 7.68. The van der Waals surface area contributed by atoms with Crippen molar-refractivity contribution in [3.05, 3.63) is 65.6 Å². The lowest BCUT2D eigenvalue weighted by Crippen LogP contribution is -1.95. The number of hydrogen-bond donors (Lipinski definition) is 1. The highest BCUT2D eigenvalue weighted by molar-refractivity contribution is 8.01. The Balaban J connectivity index is 2.11. The van der Waals surface area contributed by atoms with Gasteiger partial charge in [-0.2, -0.15) is 0 Å². The van der Waals surface area contributed by atoms with Gasteiger partial charge in [-0.3, -0.25) is 0 Å². The molecule has 0 bridgehead atoms. The largest absolute Gasteiger partial charge is 0.457 e. The summed E-state index contributed by atoms with van der Waals surface area (Å²) in [6, 6.07) is 17.5. The van der Waals surface area contributed by atoms with Gasteiger partial charge in [0.25, 0.3) is 0 Å². The van der Waals surface area contributed by atoms with Crippen LogP contribution in [0.4, 0.5) is 0 Å². The van der Waals surface area contributed by atoms with Gasteiger partial charge in [0.15, 0.2) is 0 Å². The average Bonchev–Trinajstić information content (AvgIpc) is 2.41. The molecule has 0 unspecified atom stereocenters. The van der Waals surface area contributed by atoms with Crippen LogP contribution in [-0.2, 0) is 0 Å². The number of rotatable bonds is 4. The summed E-state index contributed by atoms with van der Waals surface area (Å²) in [4.78, 5) is 0. The molecule has 3 heteroatoms. The third-order valence-electron chi connectivity index (χ3n) is 2.41. The van der Waals surface area contributed by atoms with Crippen LogP contribution < -0.4 is 10.5 Å². The van der Waals surface area contributed by atoms with Crippen LogP contribution in [0.15, 0.2) is 60.0 Å². The molecule has 2 aromatic rings. The summed E-state index contributed by atoms with van der Waals surface area (Å²) >= 11 is 1.59.